The fourth-order valence-electron chi connectivity index (χ4n) is 1.83. The van der Waals surface area contributed by atoms with Crippen LogP contribution in [0.2, 0.25) is 0 Å². The Labute approximate surface area is 85.7 Å². The Morgan fingerprint density at radius 2 is 1.87 bits per heavy atom. The van der Waals surface area contributed by atoms with Crippen molar-refractivity contribution in [2.24, 2.45) is 0 Å². The highest BCUT2D eigenvalue weighted by molar-refractivity contribution is 6.07. The fraction of sp³-hybridized carbons (Fsp3) is 0. The topological polar surface area (TPSA) is 59.4 Å². The van der Waals surface area contributed by atoms with Gasteiger partial charge in [-0.1, -0.05) is 18.2 Å². The van der Waals surface area contributed by atoms with Crippen LogP contribution >= 0.6 is 0 Å². The number of furan rings is 1. The van der Waals surface area contributed by atoms with Gasteiger partial charge in [0.25, 0.3) is 0 Å². The standard InChI is InChI=1S/C12H9NO2/c13-7-5-9-8-3-1-2-4-11(8)15-12(9)10(14)6-7/h1-6,14H,13H2. The van der Waals surface area contributed by atoms with Crippen LogP contribution in [-0.2, 0) is 0 Å². The number of aromatic hydroxyl groups is 1. The van der Waals surface area contributed by atoms with Gasteiger partial charge in [0.1, 0.15) is 5.58 Å². The van der Waals surface area contributed by atoms with Gasteiger partial charge < -0.3 is 15.3 Å². The Morgan fingerprint density at radius 3 is 2.73 bits per heavy atom. The van der Waals surface area contributed by atoms with Gasteiger partial charge in [0.15, 0.2) is 11.3 Å². The van der Waals surface area contributed by atoms with E-state index >= 15 is 0 Å². The smallest absolute Gasteiger partial charge is 0.177 e. The maximum Gasteiger partial charge on any atom is 0.177 e. The number of hydrogen-bond donors (Lipinski definition) is 2. The molecule has 2 aromatic carbocycles. The molecule has 0 aliphatic heterocycles. The van der Waals surface area contributed by atoms with Gasteiger partial charge in [-0.15, -0.1) is 0 Å². The molecule has 0 fully saturated rings. The summed E-state index contributed by atoms with van der Waals surface area (Å²) in [6.45, 7) is 0. The van der Waals surface area contributed by atoms with Gasteiger partial charge >= 0.3 is 0 Å². The van der Waals surface area contributed by atoms with E-state index in [-0.39, 0.29) is 5.75 Å². The van der Waals surface area contributed by atoms with Crippen LogP contribution in [0.1, 0.15) is 0 Å². The molecule has 1 aromatic heterocycles. The minimum absolute atomic E-state index is 0.0844. The first-order valence-electron chi connectivity index (χ1n) is 4.65. The molecular formula is C12H9NO2. The first-order valence-corrected chi connectivity index (χ1v) is 4.65. The molecule has 3 aromatic rings. The summed E-state index contributed by atoms with van der Waals surface area (Å²) in [6.07, 6.45) is 0. The van der Waals surface area contributed by atoms with Crippen molar-refractivity contribution < 1.29 is 9.52 Å². The Balaban J connectivity index is 2.61. The molecule has 0 amide bonds. The lowest BCUT2D eigenvalue weighted by molar-refractivity contribution is 0.469. The van der Waals surface area contributed by atoms with Crippen molar-refractivity contribution in [2.45, 2.75) is 0 Å². The number of benzene rings is 2. The highest BCUT2D eigenvalue weighted by atomic mass is 16.4. The largest absolute Gasteiger partial charge is 0.504 e. The van der Waals surface area contributed by atoms with Crippen LogP contribution in [0, 0.1) is 0 Å². The van der Waals surface area contributed by atoms with Crippen LogP contribution in [0.4, 0.5) is 5.69 Å². The third kappa shape index (κ3) is 1.06. The number of nitrogens with two attached hydrogens (primary N) is 1. The van der Waals surface area contributed by atoms with Crippen molar-refractivity contribution >= 4 is 27.6 Å². The summed E-state index contributed by atoms with van der Waals surface area (Å²) in [4.78, 5) is 0. The van der Waals surface area contributed by atoms with Crippen molar-refractivity contribution in [3.05, 3.63) is 36.4 Å². The maximum absolute atomic E-state index is 9.68. The lowest BCUT2D eigenvalue weighted by atomic mass is 10.1. The molecule has 1 heterocycles. The van der Waals surface area contributed by atoms with Crippen molar-refractivity contribution in [1.82, 2.24) is 0 Å². The van der Waals surface area contributed by atoms with Crippen LogP contribution in [0.15, 0.2) is 40.8 Å². The molecule has 0 saturated heterocycles. The highest BCUT2D eigenvalue weighted by Crippen LogP contribution is 2.35. The summed E-state index contributed by atoms with van der Waals surface area (Å²) in [5, 5.41) is 11.5. The van der Waals surface area contributed by atoms with Gasteiger partial charge in [0.05, 0.1) is 0 Å². The van der Waals surface area contributed by atoms with Crippen molar-refractivity contribution in [1.29, 1.82) is 0 Å². The summed E-state index contributed by atoms with van der Waals surface area (Å²) in [5.41, 5.74) is 7.46. The number of para-hydroxylation sites is 1. The van der Waals surface area contributed by atoms with E-state index in [2.05, 4.69) is 0 Å². The number of hydrogen-bond acceptors (Lipinski definition) is 3. The molecular weight excluding hydrogens is 190 g/mol. The van der Waals surface area contributed by atoms with Crippen LogP contribution in [0.5, 0.6) is 5.75 Å². The summed E-state index contributed by atoms with van der Waals surface area (Å²) >= 11 is 0. The third-order valence-corrected chi connectivity index (χ3v) is 2.48. The average Bonchev–Trinajstić information content (AvgIpc) is 2.57. The molecule has 15 heavy (non-hydrogen) atoms. The number of phenols is 1. The van der Waals surface area contributed by atoms with Crippen LogP contribution in [0.25, 0.3) is 21.9 Å². The molecule has 0 spiro atoms. The van der Waals surface area contributed by atoms with Crippen LogP contribution < -0.4 is 5.73 Å². The SMILES string of the molecule is Nc1cc(O)c2oc3ccccc3c2c1. The zero-order valence-electron chi connectivity index (χ0n) is 7.90. The summed E-state index contributed by atoms with van der Waals surface area (Å²) in [7, 11) is 0. The van der Waals surface area contributed by atoms with E-state index in [1.54, 1.807) is 6.07 Å². The van der Waals surface area contributed by atoms with Gasteiger partial charge in [0, 0.05) is 22.5 Å². The van der Waals surface area contributed by atoms with Crippen LogP contribution in [-0.4, -0.2) is 5.11 Å². The maximum atomic E-state index is 9.68. The second-order valence-corrected chi connectivity index (χ2v) is 3.51. The Morgan fingerprint density at radius 1 is 1.07 bits per heavy atom. The van der Waals surface area contributed by atoms with E-state index in [1.165, 1.54) is 6.07 Å². The second kappa shape index (κ2) is 2.67. The first kappa shape index (κ1) is 8.17. The Hall–Kier alpha value is -2.16. The van der Waals surface area contributed by atoms with Gasteiger partial charge in [-0.25, -0.2) is 0 Å². The molecule has 0 unspecified atom stereocenters. The van der Waals surface area contributed by atoms with Crippen molar-refractivity contribution in [3.63, 3.8) is 0 Å². The molecule has 0 radical (unpaired) electrons. The quantitative estimate of drug-likeness (QED) is 0.547. The zero-order chi connectivity index (χ0) is 10.4. The molecule has 0 saturated carbocycles. The molecule has 3 rings (SSSR count). The van der Waals surface area contributed by atoms with Crippen molar-refractivity contribution in [2.75, 3.05) is 5.73 Å². The highest BCUT2D eigenvalue weighted by Gasteiger charge is 2.10. The Kier molecular flexibility index (Phi) is 1.45. The van der Waals surface area contributed by atoms with Gasteiger partial charge in [0.2, 0.25) is 0 Å². The summed E-state index contributed by atoms with van der Waals surface area (Å²) in [5.74, 6) is 0.0844. The number of rotatable bonds is 0. The van der Waals surface area contributed by atoms with E-state index in [1.807, 2.05) is 24.3 Å². The molecule has 0 atom stereocenters. The van der Waals surface area contributed by atoms with E-state index in [0.717, 1.165) is 16.4 Å². The third-order valence-electron chi connectivity index (χ3n) is 2.48. The molecule has 3 N–H and O–H groups in total. The van der Waals surface area contributed by atoms with Gasteiger partial charge in [-0.3, -0.25) is 0 Å². The summed E-state index contributed by atoms with van der Waals surface area (Å²) < 4.78 is 5.53. The van der Waals surface area contributed by atoms with Gasteiger partial charge in [-0.2, -0.15) is 0 Å². The minimum Gasteiger partial charge on any atom is -0.504 e. The predicted octanol–water partition coefficient (Wildman–Crippen LogP) is 2.87. The predicted molar refractivity (Wildman–Crippen MR) is 59.8 cm³/mol. The van der Waals surface area contributed by atoms with E-state index in [9.17, 15) is 5.11 Å². The molecule has 3 nitrogen and oxygen atoms in total. The minimum atomic E-state index is 0.0844. The van der Waals surface area contributed by atoms with Crippen molar-refractivity contribution in [3.8, 4) is 5.75 Å². The second-order valence-electron chi connectivity index (χ2n) is 3.51. The van der Waals surface area contributed by atoms with Gasteiger partial charge in [-0.05, 0) is 12.1 Å². The molecule has 74 valence electrons. The number of fused-ring (bicyclic) bond motifs is 3. The number of nitrogen functional groups attached to an aromatic ring is 1. The normalized spacial score (nSPS) is 11.2. The lowest BCUT2D eigenvalue weighted by Gasteiger charge is -1.95. The van der Waals surface area contributed by atoms with E-state index < -0.39 is 0 Å². The average molecular weight is 199 g/mol. The number of phenolic OH excluding ortho intramolecular Hbond substituents is 1. The molecule has 0 bridgehead atoms. The zero-order valence-corrected chi connectivity index (χ0v) is 7.90. The summed E-state index contributed by atoms with van der Waals surface area (Å²) in [6, 6.07) is 10.9. The number of anilines is 1. The molecule has 3 heteroatoms. The van der Waals surface area contributed by atoms with Crippen LogP contribution in [0.3, 0.4) is 0 Å². The monoisotopic (exact) mass is 199 g/mol. The van der Waals surface area contributed by atoms with E-state index in [4.69, 9.17) is 10.2 Å². The van der Waals surface area contributed by atoms with E-state index in [0.29, 0.717) is 11.3 Å². The molecule has 0 aliphatic rings. The molecule has 0 aliphatic carbocycles. The lowest BCUT2D eigenvalue weighted by Crippen LogP contribution is -1.82. The Bertz CT molecular complexity index is 655. The fourth-order valence-corrected chi connectivity index (χ4v) is 1.83. The first-order chi connectivity index (χ1) is 7.25.